The van der Waals surface area contributed by atoms with Gasteiger partial charge in [0.15, 0.2) is 0 Å². The number of carbonyl (C=O) groups is 1. The fourth-order valence-electron chi connectivity index (χ4n) is 2.56. The average Bonchev–Trinajstić information content (AvgIpc) is 2.41. The highest BCUT2D eigenvalue weighted by Crippen LogP contribution is 2.28. The van der Waals surface area contributed by atoms with Crippen LogP contribution in [0.3, 0.4) is 0 Å². The number of hydrogen-bond donors (Lipinski definition) is 2. The smallest absolute Gasteiger partial charge is 0.227 e. The molecule has 1 aromatic rings. The van der Waals surface area contributed by atoms with Gasteiger partial charge >= 0.3 is 0 Å². The molecule has 0 aliphatic carbocycles. The van der Waals surface area contributed by atoms with Crippen molar-refractivity contribution in [3.05, 3.63) is 24.0 Å². The molecule has 1 saturated heterocycles. The van der Waals surface area contributed by atoms with Crippen molar-refractivity contribution in [2.75, 3.05) is 11.9 Å². The topological polar surface area (TPSA) is 50.4 Å². The summed E-state index contributed by atoms with van der Waals surface area (Å²) in [6.07, 6.45) is 1.55. The van der Waals surface area contributed by atoms with Crippen molar-refractivity contribution >= 4 is 24.0 Å². The van der Waals surface area contributed by atoms with Gasteiger partial charge in [-0.1, -0.05) is 0 Å². The minimum atomic E-state index is -0.389. The first kappa shape index (κ1) is 18.7. The first-order valence-electron chi connectivity index (χ1n) is 7.46. The van der Waals surface area contributed by atoms with Crippen LogP contribution in [0.25, 0.3) is 0 Å². The molecule has 1 amide bonds. The minimum absolute atomic E-state index is 0. The summed E-state index contributed by atoms with van der Waals surface area (Å²) in [4.78, 5) is 12.3. The fourth-order valence-corrected chi connectivity index (χ4v) is 2.56. The Bertz CT molecular complexity index is 511. The molecule has 1 heterocycles. The van der Waals surface area contributed by atoms with E-state index in [9.17, 15) is 9.18 Å². The molecule has 1 aliphatic rings. The number of rotatable bonds is 4. The van der Waals surface area contributed by atoms with Crippen LogP contribution in [0.2, 0.25) is 0 Å². The Morgan fingerprint density at radius 2 is 2.18 bits per heavy atom. The second-order valence-corrected chi connectivity index (χ2v) is 5.87. The molecule has 1 aliphatic heterocycles. The van der Waals surface area contributed by atoms with E-state index in [2.05, 4.69) is 17.6 Å². The first-order valence-corrected chi connectivity index (χ1v) is 7.46. The number of benzene rings is 1. The normalized spacial score (nSPS) is 21.1. The van der Waals surface area contributed by atoms with Crippen LogP contribution in [0.4, 0.5) is 10.1 Å². The maximum atomic E-state index is 13.4. The van der Waals surface area contributed by atoms with Crippen molar-refractivity contribution in [1.29, 1.82) is 0 Å². The second kappa shape index (κ2) is 8.34. The second-order valence-electron chi connectivity index (χ2n) is 5.87. The third-order valence-corrected chi connectivity index (χ3v) is 3.56. The summed E-state index contributed by atoms with van der Waals surface area (Å²) in [5.41, 5.74) is 0.403. The molecule has 0 radical (unpaired) electrons. The number of hydrogen-bond acceptors (Lipinski definition) is 3. The molecule has 22 heavy (non-hydrogen) atoms. The summed E-state index contributed by atoms with van der Waals surface area (Å²) in [5.74, 6) is 0.000733. The van der Waals surface area contributed by atoms with E-state index in [1.165, 1.54) is 12.1 Å². The molecule has 4 nitrogen and oxygen atoms in total. The molecular formula is C16H24ClFN2O2. The molecular weight excluding hydrogens is 307 g/mol. The van der Waals surface area contributed by atoms with Crippen LogP contribution in [0.1, 0.15) is 33.6 Å². The van der Waals surface area contributed by atoms with Gasteiger partial charge in [-0.05, 0) is 52.3 Å². The number of ether oxygens (including phenoxy) is 1. The Kier molecular flexibility index (Phi) is 7.10. The Labute approximate surface area is 137 Å². The molecule has 0 unspecified atom stereocenters. The summed E-state index contributed by atoms with van der Waals surface area (Å²) >= 11 is 0. The van der Waals surface area contributed by atoms with Crippen LogP contribution in [0.5, 0.6) is 5.75 Å². The van der Waals surface area contributed by atoms with Gasteiger partial charge in [0.05, 0.1) is 11.8 Å². The van der Waals surface area contributed by atoms with Gasteiger partial charge < -0.3 is 15.4 Å². The zero-order chi connectivity index (χ0) is 15.4. The van der Waals surface area contributed by atoms with Crippen molar-refractivity contribution in [3.63, 3.8) is 0 Å². The molecule has 2 atom stereocenters. The predicted octanol–water partition coefficient (Wildman–Crippen LogP) is 3.36. The Hall–Kier alpha value is -1.33. The standard InChI is InChI=1S/C16H23FN2O2.ClH/c1-10(2)21-15-5-4-13(17)9-14(15)19-16(20)12-6-7-18-11(3)8-12;/h4-5,9-12,18H,6-8H2,1-3H3,(H,19,20);1H/t11-,12-;/m0./s1. The Balaban J connectivity index is 0.00000242. The number of halogens is 2. The zero-order valence-corrected chi connectivity index (χ0v) is 14.0. The predicted molar refractivity (Wildman–Crippen MR) is 88.2 cm³/mol. The maximum Gasteiger partial charge on any atom is 0.227 e. The van der Waals surface area contributed by atoms with E-state index in [0.29, 0.717) is 17.5 Å². The zero-order valence-electron chi connectivity index (χ0n) is 13.2. The van der Waals surface area contributed by atoms with Gasteiger partial charge in [-0.2, -0.15) is 0 Å². The van der Waals surface area contributed by atoms with Crippen LogP contribution in [0.15, 0.2) is 18.2 Å². The lowest BCUT2D eigenvalue weighted by Gasteiger charge is -2.27. The summed E-state index contributed by atoms with van der Waals surface area (Å²) in [6.45, 7) is 6.68. The van der Waals surface area contributed by atoms with Crippen LogP contribution in [-0.2, 0) is 4.79 Å². The molecule has 124 valence electrons. The number of piperidine rings is 1. The third-order valence-electron chi connectivity index (χ3n) is 3.56. The molecule has 2 rings (SSSR count). The van der Waals surface area contributed by atoms with Gasteiger partial charge in [-0.3, -0.25) is 4.79 Å². The maximum absolute atomic E-state index is 13.4. The summed E-state index contributed by atoms with van der Waals surface area (Å²) in [6, 6.07) is 4.52. The molecule has 1 fully saturated rings. The van der Waals surface area contributed by atoms with Crippen molar-refractivity contribution in [2.24, 2.45) is 5.92 Å². The number of anilines is 1. The summed E-state index contributed by atoms with van der Waals surface area (Å²) in [7, 11) is 0. The first-order chi connectivity index (χ1) is 9.95. The van der Waals surface area contributed by atoms with E-state index in [0.717, 1.165) is 19.4 Å². The fraction of sp³-hybridized carbons (Fsp3) is 0.562. The lowest BCUT2D eigenvalue weighted by molar-refractivity contribution is -0.120. The molecule has 0 bridgehead atoms. The average molecular weight is 331 g/mol. The lowest BCUT2D eigenvalue weighted by Crippen LogP contribution is -2.40. The number of nitrogens with one attached hydrogen (secondary N) is 2. The van der Waals surface area contributed by atoms with Crippen molar-refractivity contribution in [1.82, 2.24) is 5.32 Å². The third kappa shape index (κ3) is 5.14. The van der Waals surface area contributed by atoms with Gasteiger partial charge in [0.2, 0.25) is 5.91 Å². The van der Waals surface area contributed by atoms with Gasteiger partial charge in [-0.25, -0.2) is 4.39 Å². The van der Waals surface area contributed by atoms with E-state index in [1.807, 2.05) is 13.8 Å². The van der Waals surface area contributed by atoms with Crippen LogP contribution < -0.4 is 15.4 Å². The van der Waals surface area contributed by atoms with Crippen molar-refractivity contribution in [3.8, 4) is 5.75 Å². The Morgan fingerprint density at radius 1 is 1.45 bits per heavy atom. The van der Waals surface area contributed by atoms with E-state index >= 15 is 0 Å². The van der Waals surface area contributed by atoms with Crippen LogP contribution in [0, 0.1) is 11.7 Å². The SMILES string of the molecule is CC(C)Oc1ccc(F)cc1NC(=O)[C@H]1CCN[C@@H](C)C1.Cl. The molecule has 6 heteroatoms. The summed E-state index contributed by atoms with van der Waals surface area (Å²) < 4.78 is 19.0. The molecule has 1 aromatic carbocycles. The van der Waals surface area contributed by atoms with E-state index in [1.54, 1.807) is 6.07 Å². The highest BCUT2D eigenvalue weighted by Gasteiger charge is 2.25. The molecule has 2 N–H and O–H groups in total. The highest BCUT2D eigenvalue weighted by molar-refractivity contribution is 5.94. The van der Waals surface area contributed by atoms with Crippen LogP contribution >= 0.6 is 12.4 Å². The van der Waals surface area contributed by atoms with Crippen molar-refractivity contribution in [2.45, 2.75) is 45.8 Å². The minimum Gasteiger partial charge on any atom is -0.489 e. The van der Waals surface area contributed by atoms with Gasteiger partial charge in [0, 0.05) is 18.0 Å². The number of amides is 1. The highest BCUT2D eigenvalue weighted by atomic mass is 35.5. The largest absolute Gasteiger partial charge is 0.489 e. The summed E-state index contributed by atoms with van der Waals surface area (Å²) in [5, 5.41) is 6.13. The van der Waals surface area contributed by atoms with Crippen LogP contribution in [-0.4, -0.2) is 24.6 Å². The lowest BCUT2D eigenvalue weighted by atomic mass is 9.92. The molecule has 0 spiro atoms. The number of carbonyl (C=O) groups excluding carboxylic acids is 1. The van der Waals surface area contributed by atoms with E-state index in [4.69, 9.17) is 4.74 Å². The van der Waals surface area contributed by atoms with E-state index in [-0.39, 0.29) is 36.2 Å². The van der Waals surface area contributed by atoms with Gasteiger partial charge in [0.1, 0.15) is 11.6 Å². The van der Waals surface area contributed by atoms with Gasteiger partial charge in [-0.15, -0.1) is 12.4 Å². The quantitative estimate of drug-likeness (QED) is 0.890. The van der Waals surface area contributed by atoms with Gasteiger partial charge in [0.25, 0.3) is 0 Å². The monoisotopic (exact) mass is 330 g/mol. The molecule has 0 aromatic heterocycles. The Morgan fingerprint density at radius 3 is 2.82 bits per heavy atom. The van der Waals surface area contributed by atoms with Crippen molar-refractivity contribution < 1.29 is 13.9 Å². The molecule has 0 saturated carbocycles. The van der Waals surface area contributed by atoms with E-state index < -0.39 is 0 Å².